The number of carbonyl (C=O) groups excluding carboxylic acids is 2. The molecule has 0 radical (unpaired) electrons. The lowest BCUT2D eigenvalue weighted by molar-refractivity contribution is -0.144. The van der Waals surface area contributed by atoms with Gasteiger partial charge in [0.05, 0.1) is 31.2 Å². The smallest absolute Gasteiger partial charge is 0.261 e. The van der Waals surface area contributed by atoms with Crippen LogP contribution in [0.1, 0.15) is 69.6 Å². The molecule has 0 spiro atoms. The quantitative estimate of drug-likeness (QED) is 0.0421. The van der Waals surface area contributed by atoms with Crippen LogP contribution in [0.15, 0.2) is 157 Å². The number of piperidine rings is 1. The molecule has 0 saturated carbocycles. The first-order valence-corrected chi connectivity index (χ1v) is 24.8. The van der Waals surface area contributed by atoms with Gasteiger partial charge in [0.15, 0.2) is 0 Å². The van der Waals surface area contributed by atoms with Crippen LogP contribution in [0, 0.1) is 17.8 Å². The average molecular weight is 875 g/mol. The second-order valence-electron chi connectivity index (χ2n) is 18.8. The number of likely N-dealkylation sites (tertiary alicyclic amines) is 2. The summed E-state index contributed by atoms with van der Waals surface area (Å²) in [6.45, 7) is 8.78. The van der Waals surface area contributed by atoms with Crippen molar-refractivity contribution in [3.05, 3.63) is 173 Å². The van der Waals surface area contributed by atoms with Gasteiger partial charge in [-0.05, 0) is 87.5 Å². The number of para-hydroxylation sites is 1. The van der Waals surface area contributed by atoms with E-state index in [2.05, 4.69) is 62.1 Å². The molecule has 3 N–H and O–H groups in total. The van der Waals surface area contributed by atoms with Crippen LogP contribution in [-0.2, 0) is 20.6 Å². The van der Waals surface area contributed by atoms with Gasteiger partial charge in [-0.3, -0.25) is 19.4 Å². The lowest BCUT2D eigenvalue weighted by atomic mass is 9.68. The van der Waals surface area contributed by atoms with E-state index < -0.39 is 38.8 Å². The second-order valence-corrected chi connectivity index (χ2v) is 23.1. The van der Waals surface area contributed by atoms with E-state index in [0.717, 1.165) is 46.7 Å². The minimum Gasteiger partial charge on any atom is -0.507 e. The van der Waals surface area contributed by atoms with E-state index >= 15 is 0 Å². The molecule has 3 aliphatic rings. The van der Waals surface area contributed by atoms with Crippen molar-refractivity contribution in [2.24, 2.45) is 17.8 Å². The summed E-state index contributed by atoms with van der Waals surface area (Å²) < 4.78 is 7.51. The summed E-state index contributed by atoms with van der Waals surface area (Å²) in [6, 6.07) is 48.1. The number of aromatic hydroxyl groups is 1. The standard InChI is InChI=1S/C55H62N2O6Si/c1-55(2,3)64(45-23-12-6-13-24-45,46-25-14-7-15-26-46)63-38-43-35-47-52(54(62)57(53(47)61)44-30-32-56(33-31-44)36-39-18-8-4-9-19-39)48(37-58)51(43)50(60)29-28-41(40-20-10-5-11-21-40)34-42-22-16-17-27-49(42)59/h4-27,34,44,47-48,50,52,58-60H,28-33,35-38H2,1-3H3/b41-34-/t47-,48+,50-,52-/m1/s1. The second kappa shape index (κ2) is 19.8. The largest absolute Gasteiger partial charge is 0.507 e. The molecule has 2 saturated heterocycles. The van der Waals surface area contributed by atoms with Crippen LogP contribution >= 0.6 is 0 Å². The molecule has 0 aromatic heterocycles. The number of allylic oxidation sites excluding steroid dienone is 1. The Morgan fingerprint density at radius 2 is 1.34 bits per heavy atom. The van der Waals surface area contributed by atoms with Gasteiger partial charge in [0.1, 0.15) is 5.75 Å². The Bertz CT molecular complexity index is 2390. The number of hydrogen-bond acceptors (Lipinski definition) is 7. The molecule has 0 bridgehead atoms. The zero-order valence-corrected chi connectivity index (χ0v) is 38.4. The predicted octanol–water partition coefficient (Wildman–Crippen LogP) is 8.23. The van der Waals surface area contributed by atoms with Crippen LogP contribution in [0.4, 0.5) is 0 Å². The highest BCUT2D eigenvalue weighted by Gasteiger charge is 2.57. The molecule has 64 heavy (non-hydrogen) atoms. The molecule has 1 aliphatic carbocycles. The van der Waals surface area contributed by atoms with Crippen molar-refractivity contribution in [1.82, 2.24) is 9.80 Å². The molecule has 9 heteroatoms. The molecule has 5 aromatic carbocycles. The molecule has 2 heterocycles. The minimum absolute atomic E-state index is 0.137. The number of benzene rings is 5. The zero-order chi connectivity index (χ0) is 44.8. The van der Waals surface area contributed by atoms with Gasteiger partial charge in [-0.15, -0.1) is 0 Å². The first-order chi connectivity index (χ1) is 31.0. The highest BCUT2D eigenvalue weighted by molar-refractivity contribution is 6.99. The van der Waals surface area contributed by atoms with Gasteiger partial charge in [0.2, 0.25) is 11.8 Å². The molecular weight excluding hydrogens is 813 g/mol. The van der Waals surface area contributed by atoms with Crippen LogP contribution in [0.3, 0.4) is 0 Å². The van der Waals surface area contributed by atoms with E-state index in [4.69, 9.17) is 4.43 Å². The van der Waals surface area contributed by atoms with Crippen molar-refractivity contribution < 1.29 is 29.3 Å². The normalized spacial score (nSPS) is 20.7. The fraction of sp³-hybridized carbons (Fsp3) is 0.345. The van der Waals surface area contributed by atoms with Crippen molar-refractivity contribution in [2.45, 2.75) is 76.6 Å². The summed E-state index contributed by atoms with van der Waals surface area (Å²) in [5.41, 5.74) is 5.19. The number of phenolic OH excluding ortho intramolecular Hbond substituents is 1. The van der Waals surface area contributed by atoms with Crippen LogP contribution in [0.5, 0.6) is 5.75 Å². The third kappa shape index (κ3) is 9.23. The van der Waals surface area contributed by atoms with Crippen molar-refractivity contribution in [2.75, 3.05) is 26.3 Å². The third-order valence-corrected chi connectivity index (χ3v) is 18.9. The van der Waals surface area contributed by atoms with E-state index in [9.17, 15) is 24.9 Å². The molecule has 2 aliphatic heterocycles. The fourth-order valence-corrected chi connectivity index (χ4v) is 15.4. The molecule has 8 nitrogen and oxygen atoms in total. The highest BCUT2D eigenvalue weighted by atomic mass is 28.4. The maximum Gasteiger partial charge on any atom is 0.261 e. The van der Waals surface area contributed by atoms with Gasteiger partial charge in [0, 0.05) is 37.2 Å². The maximum atomic E-state index is 14.8. The van der Waals surface area contributed by atoms with Gasteiger partial charge >= 0.3 is 0 Å². The number of phenols is 1. The van der Waals surface area contributed by atoms with Gasteiger partial charge in [-0.1, -0.05) is 160 Å². The Hall–Kier alpha value is -5.42. The van der Waals surface area contributed by atoms with Gasteiger partial charge in [-0.2, -0.15) is 0 Å². The van der Waals surface area contributed by atoms with Gasteiger partial charge < -0.3 is 19.7 Å². The lowest BCUT2D eigenvalue weighted by Gasteiger charge is -2.44. The van der Waals surface area contributed by atoms with Crippen LogP contribution < -0.4 is 10.4 Å². The third-order valence-electron chi connectivity index (χ3n) is 13.9. The van der Waals surface area contributed by atoms with Crippen molar-refractivity contribution in [3.63, 3.8) is 0 Å². The van der Waals surface area contributed by atoms with Gasteiger partial charge in [-0.25, -0.2) is 0 Å². The SMILES string of the molecule is CC(C)(C)[Si](OCC1=C([C@H](O)CC/C(=C/c2ccccc2O)c2ccccc2)[C@H](CO)[C@@H]2C(=O)N(C3CCN(Cc4ccccc4)CC3)C(=O)[C@@H]2C1)(c1ccccc1)c1ccccc1. The summed E-state index contributed by atoms with van der Waals surface area (Å²) in [5, 5.41) is 36.7. The summed E-state index contributed by atoms with van der Waals surface area (Å²) >= 11 is 0. The lowest BCUT2D eigenvalue weighted by Crippen LogP contribution is -2.66. The first kappa shape index (κ1) is 45.2. The Morgan fingerprint density at radius 1 is 0.781 bits per heavy atom. The van der Waals surface area contributed by atoms with E-state index in [0.29, 0.717) is 30.4 Å². The predicted molar refractivity (Wildman–Crippen MR) is 257 cm³/mol. The zero-order valence-electron chi connectivity index (χ0n) is 37.4. The number of imide groups is 1. The fourth-order valence-electron chi connectivity index (χ4n) is 10.8. The highest BCUT2D eigenvalue weighted by Crippen LogP contribution is 2.48. The Balaban J connectivity index is 1.14. The maximum absolute atomic E-state index is 14.8. The first-order valence-electron chi connectivity index (χ1n) is 22.9. The Kier molecular flexibility index (Phi) is 13.9. The Labute approximate surface area is 379 Å². The van der Waals surface area contributed by atoms with Crippen LogP contribution in [0.25, 0.3) is 11.6 Å². The minimum atomic E-state index is -3.08. The van der Waals surface area contributed by atoms with Crippen LogP contribution in [-0.4, -0.2) is 83.7 Å². The number of aliphatic hydroxyl groups is 2. The number of carbonyl (C=O) groups is 2. The number of nitrogens with zero attached hydrogens (tertiary/aromatic N) is 2. The summed E-state index contributed by atoms with van der Waals surface area (Å²) in [4.78, 5) is 33.5. The number of aliphatic hydroxyl groups excluding tert-OH is 2. The van der Waals surface area contributed by atoms with Crippen molar-refractivity contribution in [1.29, 1.82) is 0 Å². The summed E-state index contributed by atoms with van der Waals surface area (Å²) in [7, 11) is -3.08. The van der Waals surface area contributed by atoms with E-state index in [1.165, 1.54) is 10.5 Å². The molecule has 4 atom stereocenters. The van der Waals surface area contributed by atoms with E-state index in [1.54, 1.807) is 12.1 Å². The summed E-state index contributed by atoms with van der Waals surface area (Å²) in [5.74, 6) is -2.47. The topological polar surface area (TPSA) is 111 Å². The number of rotatable bonds is 15. The van der Waals surface area contributed by atoms with Crippen molar-refractivity contribution in [3.8, 4) is 5.75 Å². The average Bonchev–Trinajstić information content (AvgIpc) is 3.56. The molecule has 5 aromatic rings. The molecule has 8 rings (SSSR count). The Morgan fingerprint density at radius 3 is 1.92 bits per heavy atom. The summed E-state index contributed by atoms with van der Waals surface area (Å²) in [6.07, 6.45) is 3.27. The number of amides is 2. The monoisotopic (exact) mass is 874 g/mol. The van der Waals surface area contributed by atoms with E-state index in [1.807, 2.05) is 103 Å². The van der Waals surface area contributed by atoms with Gasteiger partial charge in [0.25, 0.3) is 8.32 Å². The molecule has 2 fully saturated rings. The molecule has 0 unspecified atom stereocenters. The molecular formula is C55H62N2O6Si. The van der Waals surface area contributed by atoms with Crippen LogP contribution in [0.2, 0.25) is 5.04 Å². The van der Waals surface area contributed by atoms with E-state index in [-0.39, 0.29) is 48.1 Å². The number of fused-ring (bicyclic) bond motifs is 1. The van der Waals surface area contributed by atoms with Crippen molar-refractivity contribution >= 4 is 42.2 Å². The molecule has 332 valence electrons. The number of hydrogen-bond donors (Lipinski definition) is 3. The molecule has 2 amide bonds.